The summed E-state index contributed by atoms with van der Waals surface area (Å²) in [5.41, 5.74) is 6.59. The Kier molecular flexibility index (Phi) is 12.7. The molecule has 0 radical (unpaired) electrons. The number of rotatable bonds is 10. The SMILES string of the molecule is CCCCC(CC)CNC(=NC)NCc1cccnc1N1CCC(C(N)=O)CC1.I. The van der Waals surface area contributed by atoms with Crippen LogP contribution in [0.4, 0.5) is 5.82 Å². The molecule has 1 aliphatic rings. The number of nitrogens with two attached hydrogens (primary N) is 1. The summed E-state index contributed by atoms with van der Waals surface area (Å²) >= 11 is 0. The van der Waals surface area contributed by atoms with Crippen LogP contribution in [0.25, 0.3) is 0 Å². The number of hydrogen-bond acceptors (Lipinski definition) is 4. The minimum absolute atomic E-state index is 0. The van der Waals surface area contributed by atoms with Crippen molar-refractivity contribution < 1.29 is 4.79 Å². The molecule has 1 amide bonds. The maximum Gasteiger partial charge on any atom is 0.220 e. The summed E-state index contributed by atoms with van der Waals surface area (Å²) < 4.78 is 0. The van der Waals surface area contributed by atoms with Crippen molar-refractivity contribution in [3.8, 4) is 0 Å². The summed E-state index contributed by atoms with van der Waals surface area (Å²) in [6.45, 7) is 7.70. The van der Waals surface area contributed by atoms with E-state index < -0.39 is 0 Å². The Morgan fingerprint density at radius 2 is 2.07 bits per heavy atom. The number of carbonyl (C=O) groups excluding carboxylic acids is 1. The number of anilines is 1. The van der Waals surface area contributed by atoms with Crippen LogP contribution in [-0.4, -0.2) is 43.5 Å². The normalized spacial score (nSPS) is 16.0. The number of pyridine rings is 1. The highest BCUT2D eigenvalue weighted by atomic mass is 127. The Balaban J connectivity index is 0.00000450. The molecule has 2 heterocycles. The number of hydrogen-bond donors (Lipinski definition) is 3. The number of primary amides is 1. The van der Waals surface area contributed by atoms with Gasteiger partial charge in [0.2, 0.25) is 5.91 Å². The molecule has 30 heavy (non-hydrogen) atoms. The molecular formula is C22H39IN6O. The average molecular weight is 530 g/mol. The highest BCUT2D eigenvalue weighted by Crippen LogP contribution is 2.24. The van der Waals surface area contributed by atoms with E-state index in [0.29, 0.717) is 12.5 Å². The second kappa shape index (κ2) is 14.4. The van der Waals surface area contributed by atoms with Gasteiger partial charge in [0.25, 0.3) is 0 Å². The van der Waals surface area contributed by atoms with Crippen molar-refractivity contribution in [2.45, 2.75) is 58.9 Å². The van der Waals surface area contributed by atoms with Crippen LogP contribution in [0.2, 0.25) is 0 Å². The van der Waals surface area contributed by atoms with Crippen LogP contribution >= 0.6 is 24.0 Å². The van der Waals surface area contributed by atoms with E-state index in [0.717, 1.165) is 49.8 Å². The zero-order valence-corrected chi connectivity index (χ0v) is 21.0. The van der Waals surface area contributed by atoms with Gasteiger partial charge in [0, 0.05) is 50.9 Å². The first-order valence-electron chi connectivity index (χ1n) is 11.0. The molecule has 1 unspecified atom stereocenters. The fourth-order valence-corrected chi connectivity index (χ4v) is 3.81. The van der Waals surface area contributed by atoms with E-state index in [4.69, 9.17) is 5.73 Å². The second-order valence-corrected chi connectivity index (χ2v) is 7.87. The minimum atomic E-state index is -0.188. The monoisotopic (exact) mass is 530 g/mol. The van der Waals surface area contributed by atoms with E-state index in [1.54, 1.807) is 7.05 Å². The van der Waals surface area contributed by atoms with Gasteiger partial charge in [0.15, 0.2) is 5.96 Å². The standard InChI is InChI=1S/C22H38N6O.HI/c1-4-6-8-17(5-2)15-26-22(24-3)27-16-19-9-7-12-25-21(19)28-13-10-18(11-14-28)20(23)29;/h7,9,12,17-18H,4-6,8,10-11,13-16H2,1-3H3,(H2,23,29)(H2,24,26,27);1H. The van der Waals surface area contributed by atoms with Crippen LogP contribution in [0.15, 0.2) is 23.3 Å². The van der Waals surface area contributed by atoms with Crippen molar-refractivity contribution in [3.63, 3.8) is 0 Å². The van der Waals surface area contributed by atoms with Gasteiger partial charge in [-0.1, -0.05) is 39.2 Å². The highest BCUT2D eigenvalue weighted by molar-refractivity contribution is 14.0. The lowest BCUT2D eigenvalue weighted by Crippen LogP contribution is -2.41. The molecule has 1 fully saturated rings. The molecular weight excluding hydrogens is 491 g/mol. The molecule has 1 aromatic rings. The maximum absolute atomic E-state index is 11.4. The molecule has 0 aliphatic carbocycles. The molecule has 2 rings (SSSR count). The smallest absolute Gasteiger partial charge is 0.220 e. The van der Waals surface area contributed by atoms with Crippen LogP contribution in [0, 0.1) is 11.8 Å². The highest BCUT2D eigenvalue weighted by Gasteiger charge is 2.25. The molecule has 4 N–H and O–H groups in total. The lowest BCUT2D eigenvalue weighted by atomic mass is 9.96. The van der Waals surface area contributed by atoms with Crippen molar-refractivity contribution in [1.29, 1.82) is 0 Å². The molecule has 1 atom stereocenters. The Hall–Kier alpha value is -1.58. The van der Waals surface area contributed by atoms with Crippen molar-refractivity contribution >= 4 is 41.7 Å². The van der Waals surface area contributed by atoms with Gasteiger partial charge in [-0.3, -0.25) is 9.79 Å². The van der Waals surface area contributed by atoms with Crippen molar-refractivity contribution in [3.05, 3.63) is 23.9 Å². The number of halogens is 1. The Bertz CT molecular complexity index is 661. The molecule has 170 valence electrons. The topological polar surface area (TPSA) is 95.6 Å². The molecule has 8 heteroatoms. The molecule has 1 aromatic heterocycles. The van der Waals surface area contributed by atoms with Gasteiger partial charge in [-0.25, -0.2) is 4.98 Å². The maximum atomic E-state index is 11.4. The molecule has 0 aromatic carbocycles. The number of nitrogens with one attached hydrogen (secondary N) is 2. The third-order valence-corrected chi connectivity index (χ3v) is 5.84. The van der Waals surface area contributed by atoms with E-state index in [1.165, 1.54) is 25.7 Å². The molecule has 0 saturated carbocycles. The van der Waals surface area contributed by atoms with Gasteiger partial charge in [0.1, 0.15) is 5.82 Å². The Morgan fingerprint density at radius 3 is 2.67 bits per heavy atom. The number of amides is 1. The van der Waals surface area contributed by atoms with Gasteiger partial charge in [-0.2, -0.15) is 0 Å². The number of guanidine groups is 1. The van der Waals surface area contributed by atoms with Crippen LogP contribution in [-0.2, 0) is 11.3 Å². The van der Waals surface area contributed by atoms with Crippen LogP contribution < -0.4 is 21.3 Å². The molecule has 0 spiro atoms. The van der Waals surface area contributed by atoms with E-state index in [-0.39, 0.29) is 35.8 Å². The molecule has 1 saturated heterocycles. The first-order valence-corrected chi connectivity index (χ1v) is 11.0. The van der Waals surface area contributed by atoms with Crippen LogP contribution in [0.5, 0.6) is 0 Å². The van der Waals surface area contributed by atoms with Gasteiger partial charge >= 0.3 is 0 Å². The van der Waals surface area contributed by atoms with E-state index in [2.05, 4.69) is 45.4 Å². The van der Waals surface area contributed by atoms with Crippen molar-refractivity contribution in [2.24, 2.45) is 22.6 Å². The summed E-state index contributed by atoms with van der Waals surface area (Å²) in [5.74, 6) is 2.27. The van der Waals surface area contributed by atoms with Crippen molar-refractivity contribution in [2.75, 3.05) is 31.6 Å². The zero-order valence-electron chi connectivity index (χ0n) is 18.7. The average Bonchev–Trinajstić information content (AvgIpc) is 2.76. The van der Waals surface area contributed by atoms with Crippen LogP contribution in [0.1, 0.15) is 57.9 Å². The number of nitrogens with zero attached hydrogens (tertiary/aromatic N) is 3. The predicted molar refractivity (Wildman–Crippen MR) is 135 cm³/mol. The summed E-state index contributed by atoms with van der Waals surface area (Å²) in [6, 6.07) is 4.06. The molecule has 7 nitrogen and oxygen atoms in total. The minimum Gasteiger partial charge on any atom is -0.369 e. The summed E-state index contributed by atoms with van der Waals surface area (Å²) in [6.07, 6.45) is 8.35. The van der Waals surface area contributed by atoms with Crippen molar-refractivity contribution in [1.82, 2.24) is 15.6 Å². The number of aromatic nitrogens is 1. The number of unbranched alkanes of at least 4 members (excludes halogenated alkanes) is 1. The van der Waals surface area contributed by atoms with E-state index in [9.17, 15) is 4.79 Å². The summed E-state index contributed by atoms with van der Waals surface area (Å²) in [4.78, 5) is 22.7. The van der Waals surface area contributed by atoms with Gasteiger partial charge in [-0.15, -0.1) is 24.0 Å². The molecule has 1 aliphatic heterocycles. The second-order valence-electron chi connectivity index (χ2n) is 7.87. The zero-order chi connectivity index (χ0) is 21.1. The third kappa shape index (κ3) is 8.28. The quantitative estimate of drug-likeness (QED) is 0.245. The fourth-order valence-electron chi connectivity index (χ4n) is 3.81. The fraction of sp³-hybridized carbons (Fsp3) is 0.682. The van der Waals surface area contributed by atoms with E-state index in [1.807, 2.05) is 12.3 Å². The van der Waals surface area contributed by atoms with Gasteiger partial charge < -0.3 is 21.3 Å². The lowest BCUT2D eigenvalue weighted by Gasteiger charge is -2.32. The van der Waals surface area contributed by atoms with Gasteiger partial charge in [-0.05, 0) is 31.2 Å². The number of aliphatic imine (C=N–C) groups is 1. The Labute approximate surface area is 198 Å². The lowest BCUT2D eigenvalue weighted by molar-refractivity contribution is -0.122. The largest absolute Gasteiger partial charge is 0.369 e. The first-order chi connectivity index (χ1) is 14.1. The Morgan fingerprint density at radius 1 is 1.33 bits per heavy atom. The first kappa shape index (κ1) is 26.5. The van der Waals surface area contributed by atoms with E-state index >= 15 is 0 Å². The summed E-state index contributed by atoms with van der Waals surface area (Å²) in [5, 5.41) is 6.90. The third-order valence-electron chi connectivity index (χ3n) is 5.84. The predicted octanol–water partition coefficient (Wildman–Crippen LogP) is 3.28. The van der Waals surface area contributed by atoms with Crippen LogP contribution in [0.3, 0.4) is 0 Å². The number of carbonyl (C=O) groups is 1. The molecule has 0 bridgehead atoms. The van der Waals surface area contributed by atoms with Gasteiger partial charge in [0.05, 0.1) is 0 Å². The number of piperidine rings is 1. The summed E-state index contributed by atoms with van der Waals surface area (Å²) in [7, 11) is 1.81.